The van der Waals surface area contributed by atoms with Gasteiger partial charge in [0.25, 0.3) is 0 Å². The van der Waals surface area contributed by atoms with Gasteiger partial charge < -0.3 is 11.1 Å². The van der Waals surface area contributed by atoms with E-state index in [1.54, 1.807) is 0 Å². The summed E-state index contributed by atoms with van der Waals surface area (Å²) in [6.07, 6.45) is 5.34. The van der Waals surface area contributed by atoms with Crippen molar-refractivity contribution >= 4 is 0 Å². The quantitative estimate of drug-likeness (QED) is 0.640. The third-order valence-electron chi connectivity index (χ3n) is 2.57. The molecule has 0 amide bonds. The molecule has 1 fully saturated rings. The Morgan fingerprint density at radius 1 is 1.64 bits per heavy atom. The minimum atomic E-state index is 0.706. The van der Waals surface area contributed by atoms with Crippen molar-refractivity contribution in [2.45, 2.75) is 38.6 Å². The molecule has 1 saturated heterocycles. The second-order valence-corrected chi connectivity index (χ2v) is 3.71. The summed E-state index contributed by atoms with van der Waals surface area (Å²) in [7, 11) is 0. The van der Waals surface area contributed by atoms with E-state index in [9.17, 15) is 0 Å². The van der Waals surface area contributed by atoms with Gasteiger partial charge in [-0.2, -0.15) is 0 Å². The monoisotopic (exact) mass is 156 g/mol. The molecule has 0 aromatic rings. The summed E-state index contributed by atoms with van der Waals surface area (Å²) in [4.78, 5) is 0. The molecule has 0 spiro atoms. The lowest BCUT2D eigenvalue weighted by Gasteiger charge is -2.12. The molecule has 0 aromatic carbocycles. The van der Waals surface area contributed by atoms with Gasteiger partial charge in [0.2, 0.25) is 0 Å². The molecule has 2 atom stereocenters. The second-order valence-electron chi connectivity index (χ2n) is 3.71. The zero-order valence-corrected chi connectivity index (χ0v) is 7.47. The summed E-state index contributed by atoms with van der Waals surface area (Å²) in [6, 6.07) is 0.795. The normalized spacial score (nSPS) is 27.3. The molecule has 1 aliphatic rings. The van der Waals surface area contributed by atoms with Crippen LogP contribution < -0.4 is 11.1 Å². The van der Waals surface area contributed by atoms with Gasteiger partial charge in [0.05, 0.1) is 0 Å². The van der Waals surface area contributed by atoms with Gasteiger partial charge in [0.1, 0.15) is 0 Å². The average molecular weight is 156 g/mol. The van der Waals surface area contributed by atoms with Crippen molar-refractivity contribution in [3.05, 3.63) is 0 Å². The van der Waals surface area contributed by atoms with Crippen LogP contribution in [0.15, 0.2) is 0 Å². The third-order valence-corrected chi connectivity index (χ3v) is 2.57. The maximum absolute atomic E-state index is 5.54. The fourth-order valence-corrected chi connectivity index (χ4v) is 1.61. The number of hydrogen-bond donors (Lipinski definition) is 2. The zero-order valence-electron chi connectivity index (χ0n) is 7.47. The Hall–Kier alpha value is -0.0800. The van der Waals surface area contributed by atoms with Crippen molar-refractivity contribution in [2.75, 3.05) is 13.1 Å². The first kappa shape index (κ1) is 9.01. The molecule has 11 heavy (non-hydrogen) atoms. The van der Waals surface area contributed by atoms with Crippen molar-refractivity contribution in [2.24, 2.45) is 11.7 Å². The summed E-state index contributed by atoms with van der Waals surface area (Å²) >= 11 is 0. The summed E-state index contributed by atoms with van der Waals surface area (Å²) in [5, 5.41) is 3.50. The molecule has 1 aliphatic heterocycles. The van der Waals surface area contributed by atoms with Crippen LogP contribution >= 0.6 is 0 Å². The minimum absolute atomic E-state index is 0.706. The lowest BCUT2D eigenvalue weighted by Crippen LogP contribution is -2.22. The van der Waals surface area contributed by atoms with Crippen molar-refractivity contribution < 1.29 is 0 Å². The summed E-state index contributed by atoms with van der Waals surface area (Å²) in [5.41, 5.74) is 5.54. The number of nitrogens with two attached hydrogens (primary N) is 1. The predicted octanol–water partition coefficient (Wildman–Crippen LogP) is 1.11. The van der Waals surface area contributed by atoms with Gasteiger partial charge in [0.15, 0.2) is 0 Å². The molecule has 1 heterocycles. The molecule has 2 unspecified atom stereocenters. The van der Waals surface area contributed by atoms with Crippen LogP contribution in [0.5, 0.6) is 0 Å². The van der Waals surface area contributed by atoms with Crippen molar-refractivity contribution in [1.82, 2.24) is 5.32 Å². The van der Waals surface area contributed by atoms with E-state index in [1.165, 1.54) is 32.2 Å². The molecular formula is C9H20N2. The van der Waals surface area contributed by atoms with Crippen LogP contribution in [0.25, 0.3) is 0 Å². The van der Waals surface area contributed by atoms with Gasteiger partial charge >= 0.3 is 0 Å². The molecule has 0 bridgehead atoms. The Morgan fingerprint density at radius 3 is 3.00 bits per heavy atom. The maximum Gasteiger partial charge on any atom is 0.00676 e. The van der Waals surface area contributed by atoms with Crippen LogP contribution in [0.2, 0.25) is 0 Å². The predicted molar refractivity (Wildman–Crippen MR) is 48.5 cm³/mol. The highest BCUT2D eigenvalue weighted by atomic mass is 14.9. The van der Waals surface area contributed by atoms with Crippen LogP contribution in [0, 0.1) is 5.92 Å². The van der Waals surface area contributed by atoms with Gasteiger partial charge in [-0.15, -0.1) is 0 Å². The first-order valence-electron chi connectivity index (χ1n) is 4.76. The Balaban J connectivity index is 2.01. The van der Waals surface area contributed by atoms with E-state index in [-0.39, 0.29) is 0 Å². The topological polar surface area (TPSA) is 38.0 Å². The first-order valence-corrected chi connectivity index (χ1v) is 4.76. The first-order chi connectivity index (χ1) is 5.33. The Morgan fingerprint density at radius 2 is 2.45 bits per heavy atom. The second kappa shape index (κ2) is 4.73. The van der Waals surface area contributed by atoms with Gasteiger partial charge in [-0.3, -0.25) is 0 Å². The maximum atomic E-state index is 5.54. The molecule has 3 N–H and O–H groups in total. The fourth-order valence-electron chi connectivity index (χ4n) is 1.61. The SMILES string of the molecule is CC(CN)CCC1CCCN1. The van der Waals surface area contributed by atoms with Crippen LogP contribution in [0.3, 0.4) is 0 Å². The lowest BCUT2D eigenvalue weighted by atomic mass is 10.0. The van der Waals surface area contributed by atoms with Crippen LogP contribution in [0.1, 0.15) is 32.6 Å². The van der Waals surface area contributed by atoms with Gasteiger partial charge in [-0.05, 0) is 44.7 Å². The Kier molecular flexibility index (Phi) is 3.87. The van der Waals surface area contributed by atoms with E-state index < -0.39 is 0 Å². The molecule has 2 heteroatoms. The molecule has 1 rings (SSSR count). The average Bonchev–Trinajstić information content (AvgIpc) is 2.52. The van der Waals surface area contributed by atoms with Crippen molar-refractivity contribution in [3.63, 3.8) is 0 Å². The van der Waals surface area contributed by atoms with Gasteiger partial charge in [-0.1, -0.05) is 6.92 Å². The van der Waals surface area contributed by atoms with Crippen molar-refractivity contribution in [1.29, 1.82) is 0 Å². The smallest absolute Gasteiger partial charge is 0.00676 e. The molecule has 66 valence electrons. The number of rotatable bonds is 4. The highest BCUT2D eigenvalue weighted by Crippen LogP contribution is 2.13. The van der Waals surface area contributed by atoms with E-state index in [1.807, 2.05) is 0 Å². The Labute approximate surface area is 69.5 Å². The number of nitrogens with one attached hydrogen (secondary N) is 1. The number of hydrogen-bond acceptors (Lipinski definition) is 2. The fraction of sp³-hybridized carbons (Fsp3) is 1.00. The molecule has 0 aliphatic carbocycles. The summed E-state index contributed by atoms with van der Waals surface area (Å²) in [6.45, 7) is 4.29. The van der Waals surface area contributed by atoms with E-state index in [4.69, 9.17) is 5.73 Å². The molecule has 0 aromatic heterocycles. The lowest BCUT2D eigenvalue weighted by molar-refractivity contribution is 0.454. The van der Waals surface area contributed by atoms with Gasteiger partial charge in [0, 0.05) is 6.04 Å². The third kappa shape index (κ3) is 3.21. The van der Waals surface area contributed by atoms with Crippen LogP contribution in [0.4, 0.5) is 0 Å². The molecule has 0 saturated carbocycles. The highest BCUT2D eigenvalue weighted by Gasteiger charge is 2.13. The summed E-state index contributed by atoms with van der Waals surface area (Å²) < 4.78 is 0. The summed E-state index contributed by atoms with van der Waals surface area (Å²) in [5.74, 6) is 0.706. The zero-order chi connectivity index (χ0) is 8.10. The van der Waals surface area contributed by atoms with Gasteiger partial charge in [-0.25, -0.2) is 0 Å². The van der Waals surface area contributed by atoms with Crippen molar-refractivity contribution in [3.8, 4) is 0 Å². The largest absolute Gasteiger partial charge is 0.330 e. The van der Waals surface area contributed by atoms with E-state index in [2.05, 4.69) is 12.2 Å². The molecular weight excluding hydrogens is 136 g/mol. The van der Waals surface area contributed by atoms with E-state index >= 15 is 0 Å². The molecule has 0 radical (unpaired) electrons. The van der Waals surface area contributed by atoms with Crippen LogP contribution in [-0.2, 0) is 0 Å². The molecule has 2 nitrogen and oxygen atoms in total. The van der Waals surface area contributed by atoms with E-state index in [0.29, 0.717) is 5.92 Å². The van der Waals surface area contributed by atoms with Crippen LogP contribution in [-0.4, -0.2) is 19.1 Å². The standard InChI is InChI=1S/C9H20N2/c1-8(7-10)4-5-9-3-2-6-11-9/h8-9,11H,2-7,10H2,1H3. The van der Waals surface area contributed by atoms with E-state index in [0.717, 1.165) is 12.6 Å². The minimum Gasteiger partial charge on any atom is -0.330 e. The Bertz CT molecular complexity index is 97.7. The highest BCUT2D eigenvalue weighted by molar-refractivity contribution is 4.74.